The summed E-state index contributed by atoms with van der Waals surface area (Å²) in [7, 11) is 0. The van der Waals surface area contributed by atoms with E-state index in [1.165, 1.54) is 161 Å². The van der Waals surface area contributed by atoms with Gasteiger partial charge in [-0.25, -0.2) is 0 Å². The van der Waals surface area contributed by atoms with Crippen molar-refractivity contribution < 1.29 is 39.8 Å². The van der Waals surface area contributed by atoms with E-state index in [2.05, 4.69) is 67.8 Å². The molecule has 0 spiro atoms. The normalized spacial score (nSPS) is 20.1. The van der Waals surface area contributed by atoms with Gasteiger partial charge in [-0.1, -0.05) is 242 Å². The van der Waals surface area contributed by atoms with Crippen molar-refractivity contribution in [2.45, 2.75) is 294 Å². The zero-order valence-corrected chi connectivity index (χ0v) is 42.7. The van der Waals surface area contributed by atoms with Crippen LogP contribution in [0.3, 0.4) is 0 Å². The second-order valence-corrected chi connectivity index (χ2v) is 19.4. The molecule has 6 N–H and O–H groups in total. The summed E-state index contributed by atoms with van der Waals surface area (Å²) in [5.74, 6) is -0.144. The molecule has 7 atom stereocenters. The van der Waals surface area contributed by atoms with E-state index in [4.69, 9.17) is 9.47 Å². The molecular weight excluding hydrogens is 827 g/mol. The van der Waals surface area contributed by atoms with Gasteiger partial charge in [-0.05, 0) is 51.4 Å². The summed E-state index contributed by atoms with van der Waals surface area (Å²) in [6, 6.07) is -0.716. The van der Waals surface area contributed by atoms with Crippen LogP contribution in [0.15, 0.2) is 48.6 Å². The fourth-order valence-corrected chi connectivity index (χ4v) is 8.80. The van der Waals surface area contributed by atoms with Crippen molar-refractivity contribution in [3.8, 4) is 0 Å². The van der Waals surface area contributed by atoms with Crippen LogP contribution in [0.25, 0.3) is 0 Å². The van der Waals surface area contributed by atoms with Crippen LogP contribution in [0.5, 0.6) is 0 Å². The molecule has 9 heteroatoms. The first-order valence-electron chi connectivity index (χ1n) is 27.8. The molecule has 0 aromatic heterocycles. The molecule has 9 nitrogen and oxygen atoms in total. The number of nitrogens with one attached hydrogen (secondary N) is 1. The van der Waals surface area contributed by atoms with Crippen LogP contribution in [-0.4, -0.2) is 87.5 Å². The van der Waals surface area contributed by atoms with E-state index >= 15 is 0 Å². The fourth-order valence-electron chi connectivity index (χ4n) is 8.80. The number of hydrogen-bond donors (Lipinski definition) is 6. The van der Waals surface area contributed by atoms with E-state index in [-0.39, 0.29) is 12.5 Å². The minimum Gasteiger partial charge on any atom is -0.394 e. The number of hydrogen-bond acceptors (Lipinski definition) is 8. The highest BCUT2D eigenvalue weighted by Crippen LogP contribution is 2.23. The lowest BCUT2D eigenvalue weighted by atomic mass is 9.99. The Morgan fingerprint density at radius 1 is 0.530 bits per heavy atom. The van der Waals surface area contributed by atoms with E-state index in [0.29, 0.717) is 12.8 Å². The molecule has 386 valence electrons. The minimum atomic E-state index is -1.55. The van der Waals surface area contributed by atoms with Crippen molar-refractivity contribution in [3.05, 3.63) is 48.6 Å². The molecule has 1 amide bonds. The number of allylic oxidation sites excluding steroid dienone is 8. The summed E-state index contributed by atoms with van der Waals surface area (Å²) in [6.45, 7) is 3.71. The van der Waals surface area contributed by atoms with Crippen molar-refractivity contribution in [1.29, 1.82) is 0 Å². The summed E-state index contributed by atoms with van der Waals surface area (Å²) >= 11 is 0. The molecule has 1 fully saturated rings. The van der Waals surface area contributed by atoms with E-state index in [1.807, 2.05) is 0 Å². The van der Waals surface area contributed by atoms with Crippen molar-refractivity contribution in [1.82, 2.24) is 5.32 Å². The quantitative estimate of drug-likeness (QED) is 0.0261. The number of amides is 1. The van der Waals surface area contributed by atoms with Gasteiger partial charge in [0.1, 0.15) is 24.4 Å². The Kier molecular flexibility index (Phi) is 44.1. The van der Waals surface area contributed by atoms with E-state index < -0.39 is 49.5 Å². The maximum atomic E-state index is 13.0. The van der Waals surface area contributed by atoms with Crippen molar-refractivity contribution in [3.63, 3.8) is 0 Å². The monoisotopic (exact) mass is 932 g/mol. The van der Waals surface area contributed by atoms with E-state index in [1.54, 1.807) is 0 Å². The Labute approximate surface area is 405 Å². The van der Waals surface area contributed by atoms with Crippen molar-refractivity contribution >= 4 is 5.91 Å². The first-order chi connectivity index (χ1) is 32.3. The smallest absolute Gasteiger partial charge is 0.220 e. The molecule has 0 radical (unpaired) electrons. The summed E-state index contributed by atoms with van der Waals surface area (Å²) in [6.07, 6.45) is 54.5. The second kappa shape index (κ2) is 46.9. The average molecular weight is 932 g/mol. The van der Waals surface area contributed by atoms with Gasteiger partial charge in [-0.2, -0.15) is 0 Å². The van der Waals surface area contributed by atoms with Crippen LogP contribution in [0.4, 0.5) is 0 Å². The lowest BCUT2D eigenvalue weighted by Crippen LogP contribution is -2.60. The number of unbranched alkanes of at least 4 members (excludes halogenated alkanes) is 29. The van der Waals surface area contributed by atoms with Gasteiger partial charge >= 0.3 is 0 Å². The molecule has 0 aliphatic carbocycles. The highest BCUT2D eigenvalue weighted by Gasteiger charge is 2.44. The Morgan fingerprint density at radius 2 is 0.939 bits per heavy atom. The molecule has 66 heavy (non-hydrogen) atoms. The largest absolute Gasteiger partial charge is 0.394 e. The molecule has 1 aliphatic rings. The van der Waals surface area contributed by atoms with Gasteiger partial charge in [-0.3, -0.25) is 4.79 Å². The summed E-state index contributed by atoms with van der Waals surface area (Å²) in [4.78, 5) is 13.0. The zero-order valence-electron chi connectivity index (χ0n) is 42.7. The van der Waals surface area contributed by atoms with E-state index in [0.717, 1.165) is 64.2 Å². The Morgan fingerprint density at radius 3 is 1.39 bits per heavy atom. The van der Waals surface area contributed by atoms with Gasteiger partial charge in [0.25, 0.3) is 0 Å². The Hall–Kier alpha value is -1.85. The summed E-state index contributed by atoms with van der Waals surface area (Å²) in [5.41, 5.74) is 0. The number of ether oxygens (including phenoxy) is 2. The third kappa shape index (κ3) is 36.2. The standard InChI is InChI=1S/C57H105NO8/c1-3-5-7-9-11-13-15-16-17-18-19-20-21-22-23-24-25-26-27-28-29-30-31-32-33-34-35-36-37-39-41-43-45-47-53(61)58-50(49-65-57-56(64)55(63)54(62)52(48-59)66-57)51(60)46-44-42-40-38-14-12-10-8-6-4-2/h5,7,11,13,16-17,19-20,50-52,54-57,59-60,62-64H,3-4,6,8-10,12,14-15,18,21-49H2,1-2H3,(H,58,61)/b7-5-,13-11-,17-16-,20-19-. The van der Waals surface area contributed by atoms with Crippen LogP contribution >= 0.6 is 0 Å². The SMILES string of the molecule is CC/C=C\C/C=C\C/C=C\C/C=C\CCCCCCCCCCCCCCCCCCCCCCC(=O)NC(COC1OC(CO)C(O)C(O)C1O)C(O)CCCCCCCCCCCC. The number of carbonyl (C=O) groups is 1. The second-order valence-electron chi connectivity index (χ2n) is 19.4. The van der Waals surface area contributed by atoms with E-state index in [9.17, 15) is 30.3 Å². The van der Waals surface area contributed by atoms with Gasteiger partial charge in [0.05, 0.1) is 25.4 Å². The summed E-state index contributed by atoms with van der Waals surface area (Å²) in [5, 5.41) is 54.4. The van der Waals surface area contributed by atoms with Crippen molar-refractivity contribution in [2.24, 2.45) is 0 Å². The molecule has 1 rings (SSSR count). The molecule has 1 heterocycles. The summed E-state index contributed by atoms with van der Waals surface area (Å²) < 4.78 is 11.3. The van der Waals surface area contributed by atoms with Crippen LogP contribution in [-0.2, 0) is 14.3 Å². The van der Waals surface area contributed by atoms with Crippen LogP contribution in [0, 0.1) is 0 Å². The van der Waals surface area contributed by atoms with Crippen molar-refractivity contribution in [2.75, 3.05) is 13.2 Å². The number of carbonyl (C=O) groups excluding carboxylic acids is 1. The highest BCUT2D eigenvalue weighted by atomic mass is 16.7. The molecule has 0 bridgehead atoms. The Balaban J connectivity index is 2.07. The predicted molar refractivity (Wildman–Crippen MR) is 276 cm³/mol. The van der Waals surface area contributed by atoms with Gasteiger partial charge in [0, 0.05) is 6.42 Å². The van der Waals surface area contributed by atoms with Crippen LogP contribution in [0.1, 0.15) is 251 Å². The maximum absolute atomic E-state index is 13.0. The molecule has 0 saturated carbocycles. The lowest BCUT2D eigenvalue weighted by Gasteiger charge is -2.40. The predicted octanol–water partition coefficient (Wildman–Crippen LogP) is 13.3. The molecule has 7 unspecified atom stereocenters. The maximum Gasteiger partial charge on any atom is 0.220 e. The van der Waals surface area contributed by atoms with Crippen LogP contribution in [0.2, 0.25) is 0 Å². The first-order valence-corrected chi connectivity index (χ1v) is 27.8. The molecule has 0 aromatic rings. The molecule has 0 aromatic carbocycles. The Bertz CT molecular complexity index is 1170. The lowest BCUT2D eigenvalue weighted by molar-refractivity contribution is -0.302. The fraction of sp³-hybridized carbons (Fsp3) is 0.842. The average Bonchev–Trinajstić information content (AvgIpc) is 3.32. The number of rotatable bonds is 47. The topological polar surface area (TPSA) is 149 Å². The molecule has 1 saturated heterocycles. The van der Waals surface area contributed by atoms with Gasteiger partial charge < -0.3 is 40.3 Å². The van der Waals surface area contributed by atoms with Gasteiger partial charge in [0.15, 0.2) is 6.29 Å². The third-order valence-electron chi connectivity index (χ3n) is 13.2. The number of aliphatic hydroxyl groups is 5. The molecular formula is C57H105NO8. The van der Waals surface area contributed by atoms with Gasteiger partial charge in [-0.15, -0.1) is 0 Å². The molecule has 1 aliphatic heterocycles. The van der Waals surface area contributed by atoms with Gasteiger partial charge in [0.2, 0.25) is 5.91 Å². The first kappa shape index (κ1) is 62.2. The third-order valence-corrected chi connectivity index (χ3v) is 13.2. The minimum absolute atomic E-state index is 0.136. The zero-order chi connectivity index (χ0) is 48.0. The van der Waals surface area contributed by atoms with Crippen LogP contribution < -0.4 is 5.32 Å². The number of aliphatic hydroxyl groups excluding tert-OH is 5. The highest BCUT2D eigenvalue weighted by molar-refractivity contribution is 5.76.